The maximum absolute atomic E-state index is 13.7. The zero-order valence-electron chi connectivity index (χ0n) is 18.4. The summed E-state index contributed by atoms with van der Waals surface area (Å²) in [5, 5.41) is 19.7. The summed E-state index contributed by atoms with van der Waals surface area (Å²) in [6, 6.07) is 13.6. The van der Waals surface area contributed by atoms with Gasteiger partial charge in [0.1, 0.15) is 11.6 Å². The highest BCUT2D eigenvalue weighted by molar-refractivity contribution is 6.08. The molecule has 3 rings (SSSR count). The van der Waals surface area contributed by atoms with Crippen molar-refractivity contribution in [3.63, 3.8) is 0 Å². The molecule has 0 radical (unpaired) electrons. The topological polar surface area (TPSA) is 132 Å². The molecule has 176 valence electrons. The van der Waals surface area contributed by atoms with E-state index in [1.807, 2.05) is 0 Å². The van der Waals surface area contributed by atoms with Crippen LogP contribution in [0.2, 0.25) is 0 Å². The number of carboxylic acid groups (broad SMARTS) is 1. The number of amides is 3. The number of aryl methyl sites for hydroxylation is 1. The number of hydrogen-bond acceptors (Lipinski definition) is 5. The van der Waals surface area contributed by atoms with Crippen molar-refractivity contribution in [2.45, 2.75) is 19.8 Å². The van der Waals surface area contributed by atoms with Crippen molar-refractivity contribution in [1.29, 1.82) is 0 Å². The lowest BCUT2D eigenvalue weighted by atomic mass is 10.1. The number of nitrogens with one attached hydrogen (secondary N) is 4. The molecule has 0 bridgehead atoms. The molecule has 3 amide bonds. The van der Waals surface area contributed by atoms with Gasteiger partial charge in [0.15, 0.2) is 0 Å². The molecule has 1 heterocycles. The third-order valence-corrected chi connectivity index (χ3v) is 4.67. The van der Waals surface area contributed by atoms with Crippen LogP contribution in [-0.4, -0.2) is 34.5 Å². The van der Waals surface area contributed by atoms with Crippen LogP contribution in [0.15, 0.2) is 60.8 Å². The number of carbonyl (C=O) groups excluding carboxylic acids is 2. The fourth-order valence-corrected chi connectivity index (χ4v) is 3.06. The van der Waals surface area contributed by atoms with E-state index in [4.69, 9.17) is 5.11 Å². The molecule has 0 fully saturated rings. The molecule has 0 unspecified atom stereocenters. The van der Waals surface area contributed by atoms with Crippen molar-refractivity contribution in [1.82, 2.24) is 10.3 Å². The molecule has 0 saturated heterocycles. The molecule has 0 aliphatic heterocycles. The van der Waals surface area contributed by atoms with E-state index < -0.39 is 23.7 Å². The first-order chi connectivity index (χ1) is 16.3. The smallest absolute Gasteiger partial charge is 0.320 e. The fourth-order valence-electron chi connectivity index (χ4n) is 3.06. The summed E-state index contributed by atoms with van der Waals surface area (Å²) in [5.74, 6) is -1.61. The van der Waals surface area contributed by atoms with E-state index in [0.717, 1.165) is 5.56 Å². The van der Waals surface area contributed by atoms with Crippen LogP contribution in [0, 0.1) is 5.82 Å². The zero-order valence-corrected chi connectivity index (χ0v) is 18.4. The molecule has 2 aromatic carbocycles. The molecule has 10 heteroatoms. The van der Waals surface area contributed by atoms with Gasteiger partial charge in [0, 0.05) is 36.6 Å². The van der Waals surface area contributed by atoms with Gasteiger partial charge in [-0.3, -0.25) is 14.9 Å². The van der Waals surface area contributed by atoms with Crippen LogP contribution >= 0.6 is 0 Å². The molecular weight excluding hydrogens is 441 g/mol. The average molecular weight is 465 g/mol. The number of benzene rings is 2. The minimum atomic E-state index is -0.881. The highest BCUT2D eigenvalue weighted by atomic mass is 19.1. The standard InChI is InChI=1S/C24H24FN5O4/c1-2-26-24(34)30-21-13-20(28-18-5-3-4-16(25)12-18)19(14-27-21)23(33)29-17-9-6-15(7-10-17)8-11-22(31)32/h3-7,9-10,12-14H,2,8,11H2,1H3,(H,29,33)(H,31,32)(H3,26,27,28,30,34). The van der Waals surface area contributed by atoms with E-state index in [0.29, 0.717) is 30.0 Å². The highest BCUT2D eigenvalue weighted by Crippen LogP contribution is 2.25. The summed E-state index contributed by atoms with van der Waals surface area (Å²) in [6.45, 7) is 2.20. The number of carboxylic acids is 1. The summed E-state index contributed by atoms with van der Waals surface area (Å²) in [5.41, 5.74) is 2.22. The molecule has 3 aromatic rings. The number of aromatic nitrogens is 1. The van der Waals surface area contributed by atoms with Gasteiger partial charge < -0.3 is 21.1 Å². The van der Waals surface area contributed by atoms with Crippen molar-refractivity contribution in [2.75, 3.05) is 22.5 Å². The highest BCUT2D eigenvalue weighted by Gasteiger charge is 2.15. The minimum absolute atomic E-state index is 0.0170. The second kappa shape index (κ2) is 11.4. The van der Waals surface area contributed by atoms with Crippen molar-refractivity contribution in [3.05, 3.63) is 77.7 Å². The van der Waals surface area contributed by atoms with Gasteiger partial charge in [-0.05, 0) is 49.2 Å². The number of carbonyl (C=O) groups is 3. The van der Waals surface area contributed by atoms with E-state index >= 15 is 0 Å². The van der Waals surface area contributed by atoms with E-state index in [1.54, 1.807) is 37.3 Å². The molecule has 0 atom stereocenters. The van der Waals surface area contributed by atoms with Crippen molar-refractivity contribution < 1.29 is 23.9 Å². The Morgan fingerprint density at radius 3 is 2.44 bits per heavy atom. The van der Waals surface area contributed by atoms with Gasteiger partial charge in [0.2, 0.25) is 0 Å². The first kappa shape index (κ1) is 24.2. The first-order valence-corrected chi connectivity index (χ1v) is 10.5. The third kappa shape index (κ3) is 7.02. The van der Waals surface area contributed by atoms with Gasteiger partial charge >= 0.3 is 12.0 Å². The molecule has 1 aromatic heterocycles. The second-order valence-corrected chi connectivity index (χ2v) is 7.28. The van der Waals surface area contributed by atoms with E-state index in [1.165, 1.54) is 30.5 Å². The van der Waals surface area contributed by atoms with Gasteiger partial charge in [-0.25, -0.2) is 14.2 Å². The van der Waals surface area contributed by atoms with Gasteiger partial charge in [0.05, 0.1) is 11.3 Å². The number of anilines is 4. The molecule has 0 aliphatic rings. The number of halogens is 1. The maximum atomic E-state index is 13.7. The fraction of sp³-hybridized carbons (Fsp3) is 0.167. The Morgan fingerprint density at radius 1 is 1.00 bits per heavy atom. The second-order valence-electron chi connectivity index (χ2n) is 7.28. The van der Waals surface area contributed by atoms with Gasteiger partial charge in [-0.1, -0.05) is 18.2 Å². The van der Waals surface area contributed by atoms with E-state index in [9.17, 15) is 18.8 Å². The number of aliphatic carboxylic acids is 1. The molecule has 9 nitrogen and oxygen atoms in total. The van der Waals surface area contributed by atoms with Gasteiger partial charge in [0.25, 0.3) is 5.91 Å². The Balaban J connectivity index is 1.82. The Bertz CT molecular complexity index is 1180. The van der Waals surface area contributed by atoms with Crippen molar-refractivity contribution >= 4 is 40.8 Å². The zero-order chi connectivity index (χ0) is 24.5. The first-order valence-electron chi connectivity index (χ1n) is 10.5. The molecule has 0 saturated carbocycles. The monoisotopic (exact) mass is 465 g/mol. The van der Waals surface area contributed by atoms with E-state index in [-0.39, 0.29) is 17.8 Å². The lowest BCUT2D eigenvalue weighted by molar-refractivity contribution is -0.136. The number of hydrogen-bond donors (Lipinski definition) is 5. The Kier molecular flexibility index (Phi) is 8.11. The normalized spacial score (nSPS) is 10.3. The van der Waals surface area contributed by atoms with Crippen LogP contribution in [0.1, 0.15) is 29.3 Å². The molecule has 34 heavy (non-hydrogen) atoms. The lowest BCUT2D eigenvalue weighted by Gasteiger charge is -2.14. The number of pyridine rings is 1. The summed E-state index contributed by atoms with van der Waals surface area (Å²) < 4.78 is 13.7. The quantitative estimate of drug-likeness (QED) is 0.319. The number of rotatable bonds is 9. The predicted octanol–water partition coefficient (Wildman–Crippen LogP) is 4.38. The average Bonchev–Trinajstić information content (AvgIpc) is 2.79. The van der Waals surface area contributed by atoms with Crippen LogP contribution < -0.4 is 21.3 Å². The van der Waals surface area contributed by atoms with Crippen molar-refractivity contribution in [3.8, 4) is 0 Å². The SMILES string of the molecule is CCNC(=O)Nc1cc(Nc2cccc(F)c2)c(C(=O)Nc2ccc(CCC(=O)O)cc2)cn1. The van der Waals surface area contributed by atoms with Crippen LogP contribution in [0.4, 0.5) is 32.1 Å². The molecule has 5 N–H and O–H groups in total. The minimum Gasteiger partial charge on any atom is -0.481 e. The Hall–Kier alpha value is -4.47. The van der Waals surface area contributed by atoms with Crippen LogP contribution in [0.3, 0.4) is 0 Å². The van der Waals surface area contributed by atoms with Crippen LogP contribution in [-0.2, 0) is 11.2 Å². The number of urea groups is 1. The Morgan fingerprint density at radius 2 is 1.76 bits per heavy atom. The van der Waals surface area contributed by atoms with E-state index in [2.05, 4.69) is 26.3 Å². The van der Waals surface area contributed by atoms with Crippen molar-refractivity contribution in [2.24, 2.45) is 0 Å². The summed E-state index contributed by atoms with van der Waals surface area (Å²) in [4.78, 5) is 39.7. The number of nitrogens with zero attached hydrogens (tertiary/aromatic N) is 1. The molecule has 0 aliphatic carbocycles. The summed E-state index contributed by atoms with van der Waals surface area (Å²) in [7, 11) is 0. The molecular formula is C24H24FN5O4. The lowest BCUT2D eigenvalue weighted by Crippen LogP contribution is -2.28. The van der Waals surface area contributed by atoms with Crippen LogP contribution in [0.25, 0.3) is 0 Å². The largest absolute Gasteiger partial charge is 0.481 e. The third-order valence-electron chi connectivity index (χ3n) is 4.67. The van der Waals surface area contributed by atoms with Gasteiger partial charge in [-0.2, -0.15) is 0 Å². The van der Waals surface area contributed by atoms with Crippen LogP contribution in [0.5, 0.6) is 0 Å². The summed E-state index contributed by atoms with van der Waals surface area (Å²) in [6.07, 6.45) is 1.71. The maximum Gasteiger partial charge on any atom is 0.320 e. The molecule has 0 spiro atoms. The summed E-state index contributed by atoms with van der Waals surface area (Å²) >= 11 is 0. The predicted molar refractivity (Wildman–Crippen MR) is 127 cm³/mol. The van der Waals surface area contributed by atoms with Gasteiger partial charge in [-0.15, -0.1) is 0 Å². The Labute approximate surface area is 195 Å².